The fraction of sp³-hybridized carbons (Fsp3) is 0.214. The number of benzene rings is 1. The second-order valence-electron chi connectivity index (χ2n) is 4.28. The molecule has 0 aliphatic heterocycles. The quantitative estimate of drug-likeness (QED) is 0.638. The molecule has 0 spiro atoms. The van der Waals surface area contributed by atoms with E-state index in [-0.39, 0.29) is 6.04 Å². The van der Waals surface area contributed by atoms with Crippen LogP contribution in [0.1, 0.15) is 17.2 Å². The number of nitrogens with one attached hydrogen (secondary N) is 1. The van der Waals surface area contributed by atoms with Gasteiger partial charge in [-0.05, 0) is 41.8 Å². The van der Waals surface area contributed by atoms with Gasteiger partial charge in [0.05, 0.1) is 18.2 Å². The third-order valence-electron chi connectivity index (χ3n) is 3.06. The maximum atomic E-state index is 6.14. The first-order chi connectivity index (χ1) is 9.65. The summed E-state index contributed by atoms with van der Waals surface area (Å²) in [5.41, 5.74) is 4.82. The van der Waals surface area contributed by atoms with Crippen LogP contribution in [0.2, 0.25) is 5.02 Å². The largest absolute Gasteiger partial charge is 0.497 e. The second-order valence-corrected chi connectivity index (χ2v) is 5.54. The minimum Gasteiger partial charge on any atom is -0.497 e. The van der Waals surface area contributed by atoms with Crippen molar-refractivity contribution in [2.75, 3.05) is 7.11 Å². The van der Waals surface area contributed by atoms with Crippen LogP contribution in [0, 0.1) is 0 Å². The molecule has 1 unspecified atom stereocenters. The highest BCUT2D eigenvalue weighted by Crippen LogP contribution is 2.30. The van der Waals surface area contributed by atoms with E-state index in [2.05, 4.69) is 26.3 Å². The summed E-state index contributed by atoms with van der Waals surface area (Å²) >= 11 is 9.68. The lowest BCUT2D eigenvalue weighted by Crippen LogP contribution is -2.30. The smallest absolute Gasteiger partial charge is 0.119 e. The van der Waals surface area contributed by atoms with Crippen molar-refractivity contribution in [1.82, 2.24) is 10.4 Å². The van der Waals surface area contributed by atoms with Gasteiger partial charge in [-0.3, -0.25) is 16.3 Å². The van der Waals surface area contributed by atoms with Gasteiger partial charge in [0.25, 0.3) is 0 Å². The fourth-order valence-corrected chi connectivity index (χ4v) is 2.68. The predicted molar refractivity (Wildman–Crippen MR) is 83.7 cm³/mol. The van der Waals surface area contributed by atoms with E-state index in [9.17, 15) is 0 Å². The van der Waals surface area contributed by atoms with Crippen LogP contribution in [0.4, 0.5) is 0 Å². The van der Waals surface area contributed by atoms with Gasteiger partial charge in [0.15, 0.2) is 0 Å². The van der Waals surface area contributed by atoms with Gasteiger partial charge in [0.2, 0.25) is 0 Å². The summed E-state index contributed by atoms with van der Waals surface area (Å²) in [6, 6.07) is 7.58. The molecule has 6 heteroatoms. The number of rotatable bonds is 5. The van der Waals surface area contributed by atoms with Gasteiger partial charge in [-0.25, -0.2) is 0 Å². The lowest BCUT2D eigenvalue weighted by Gasteiger charge is -2.19. The third kappa shape index (κ3) is 3.49. The van der Waals surface area contributed by atoms with Gasteiger partial charge >= 0.3 is 0 Å². The van der Waals surface area contributed by atoms with Crippen LogP contribution >= 0.6 is 27.5 Å². The molecular weight excluding hydrogens is 342 g/mol. The Morgan fingerprint density at radius 1 is 1.45 bits per heavy atom. The maximum Gasteiger partial charge on any atom is 0.119 e. The molecule has 20 heavy (non-hydrogen) atoms. The highest BCUT2D eigenvalue weighted by Gasteiger charge is 2.16. The lowest BCUT2D eigenvalue weighted by atomic mass is 10.00. The summed E-state index contributed by atoms with van der Waals surface area (Å²) in [7, 11) is 1.64. The van der Waals surface area contributed by atoms with E-state index < -0.39 is 0 Å². The molecule has 0 radical (unpaired) electrons. The number of ether oxygens (including phenoxy) is 1. The third-order valence-corrected chi connectivity index (χ3v) is 4.12. The molecule has 2 aromatic rings. The standard InChI is InChI=1S/C14H15BrClN3O/c1-20-10-2-3-12(15)11(7-10)14(19-17)6-9-4-5-18-8-13(9)16/h2-5,7-8,14,19H,6,17H2,1H3. The molecule has 0 fully saturated rings. The maximum absolute atomic E-state index is 6.14. The normalized spacial score (nSPS) is 12.2. The molecule has 1 heterocycles. The van der Waals surface area contributed by atoms with Crippen molar-refractivity contribution in [3.8, 4) is 5.75 Å². The SMILES string of the molecule is COc1ccc(Br)c(C(Cc2ccncc2Cl)NN)c1. The van der Waals surface area contributed by atoms with Crippen molar-refractivity contribution in [1.29, 1.82) is 0 Å². The molecule has 0 amide bonds. The summed E-state index contributed by atoms with van der Waals surface area (Å²) in [4.78, 5) is 3.98. The van der Waals surface area contributed by atoms with Gasteiger partial charge < -0.3 is 4.74 Å². The number of methoxy groups -OCH3 is 1. The van der Waals surface area contributed by atoms with Crippen molar-refractivity contribution in [2.45, 2.75) is 12.5 Å². The molecule has 106 valence electrons. The van der Waals surface area contributed by atoms with Crippen LogP contribution in [0.25, 0.3) is 0 Å². The van der Waals surface area contributed by atoms with Crippen molar-refractivity contribution in [2.24, 2.45) is 5.84 Å². The molecular formula is C14H15BrClN3O. The molecule has 0 aliphatic carbocycles. The summed E-state index contributed by atoms with van der Waals surface area (Å²) in [6.45, 7) is 0. The first-order valence-corrected chi connectivity index (χ1v) is 7.20. The number of pyridine rings is 1. The highest BCUT2D eigenvalue weighted by molar-refractivity contribution is 9.10. The van der Waals surface area contributed by atoms with E-state index in [1.807, 2.05) is 24.3 Å². The summed E-state index contributed by atoms with van der Waals surface area (Å²) < 4.78 is 6.22. The van der Waals surface area contributed by atoms with E-state index in [0.717, 1.165) is 21.3 Å². The summed E-state index contributed by atoms with van der Waals surface area (Å²) in [6.07, 6.45) is 4.00. The van der Waals surface area contributed by atoms with Crippen LogP contribution in [0.15, 0.2) is 41.1 Å². The molecule has 1 atom stereocenters. The van der Waals surface area contributed by atoms with E-state index >= 15 is 0 Å². The van der Waals surface area contributed by atoms with Gasteiger partial charge in [-0.1, -0.05) is 27.5 Å². The Hall–Kier alpha value is -1.14. The van der Waals surface area contributed by atoms with Crippen LogP contribution in [0.5, 0.6) is 5.75 Å². The van der Waals surface area contributed by atoms with Crippen LogP contribution in [-0.2, 0) is 6.42 Å². The Labute approximate surface area is 131 Å². The number of aromatic nitrogens is 1. The molecule has 1 aromatic heterocycles. The molecule has 0 bridgehead atoms. The lowest BCUT2D eigenvalue weighted by molar-refractivity contribution is 0.412. The number of halogens is 2. The fourth-order valence-electron chi connectivity index (χ4n) is 1.96. The molecule has 1 aromatic carbocycles. The average molecular weight is 357 g/mol. The summed E-state index contributed by atoms with van der Waals surface area (Å²) in [5, 5.41) is 0.631. The Balaban J connectivity index is 2.31. The molecule has 0 saturated heterocycles. The number of hydrogen-bond donors (Lipinski definition) is 2. The van der Waals surface area contributed by atoms with Crippen LogP contribution < -0.4 is 16.0 Å². The van der Waals surface area contributed by atoms with Crippen LogP contribution in [0.3, 0.4) is 0 Å². The number of nitrogens with zero attached hydrogens (tertiary/aromatic N) is 1. The Kier molecular flexibility index (Phi) is 5.37. The zero-order valence-corrected chi connectivity index (χ0v) is 13.3. The Bertz CT molecular complexity index is 594. The number of hydrogen-bond acceptors (Lipinski definition) is 4. The molecule has 3 N–H and O–H groups in total. The minimum atomic E-state index is -0.0839. The molecule has 4 nitrogen and oxygen atoms in total. The van der Waals surface area contributed by atoms with E-state index in [0.29, 0.717) is 11.4 Å². The molecule has 0 saturated carbocycles. The predicted octanol–water partition coefficient (Wildman–Crippen LogP) is 3.25. The number of hydrazine groups is 1. The van der Waals surface area contributed by atoms with Gasteiger partial charge in [-0.15, -0.1) is 0 Å². The van der Waals surface area contributed by atoms with Gasteiger partial charge in [0, 0.05) is 16.9 Å². The van der Waals surface area contributed by atoms with Crippen LogP contribution in [-0.4, -0.2) is 12.1 Å². The molecule has 2 rings (SSSR count). The van der Waals surface area contributed by atoms with E-state index in [1.54, 1.807) is 19.5 Å². The van der Waals surface area contributed by atoms with Crippen molar-refractivity contribution >= 4 is 27.5 Å². The van der Waals surface area contributed by atoms with Gasteiger partial charge in [-0.2, -0.15) is 0 Å². The number of nitrogens with two attached hydrogens (primary N) is 1. The van der Waals surface area contributed by atoms with Crippen molar-refractivity contribution in [3.05, 3.63) is 57.3 Å². The zero-order chi connectivity index (χ0) is 14.5. The minimum absolute atomic E-state index is 0.0839. The topological polar surface area (TPSA) is 60.2 Å². The van der Waals surface area contributed by atoms with Gasteiger partial charge in [0.1, 0.15) is 5.75 Å². The second kappa shape index (κ2) is 7.04. The zero-order valence-electron chi connectivity index (χ0n) is 10.9. The van der Waals surface area contributed by atoms with Crippen molar-refractivity contribution in [3.63, 3.8) is 0 Å². The first-order valence-electron chi connectivity index (χ1n) is 6.03. The highest BCUT2D eigenvalue weighted by atomic mass is 79.9. The Morgan fingerprint density at radius 3 is 2.90 bits per heavy atom. The summed E-state index contributed by atoms with van der Waals surface area (Å²) in [5.74, 6) is 6.47. The first kappa shape index (κ1) is 15.3. The molecule has 0 aliphatic rings. The monoisotopic (exact) mass is 355 g/mol. The van der Waals surface area contributed by atoms with E-state index in [4.69, 9.17) is 22.2 Å². The van der Waals surface area contributed by atoms with E-state index in [1.165, 1.54) is 0 Å². The van der Waals surface area contributed by atoms with Crippen molar-refractivity contribution < 1.29 is 4.74 Å². The Morgan fingerprint density at radius 2 is 2.25 bits per heavy atom. The average Bonchev–Trinajstić information content (AvgIpc) is 2.47.